The van der Waals surface area contributed by atoms with Crippen molar-refractivity contribution < 1.29 is 4.74 Å². The monoisotopic (exact) mass is 246 g/mol. The van der Waals surface area contributed by atoms with Crippen LogP contribution in [0.2, 0.25) is 0 Å². The van der Waals surface area contributed by atoms with Gasteiger partial charge in [0, 0.05) is 7.11 Å². The molecule has 0 atom stereocenters. The zero-order valence-electron chi connectivity index (χ0n) is 12.2. The van der Waals surface area contributed by atoms with Crippen LogP contribution >= 0.6 is 0 Å². The summed E-state index contributed by atoms with van der Waals surface area (Å²) in [6.07, 6.45) is 9.21. The van der Waals surface area contributed by atoms with Crippen LogP contribution < -0.4 is 0 Å². The molecule has 1 nitrogen and oxygen atoms in total. The third-order valence-electron chi connectivity index (χ3n) is 3.30. The van der Waals surface area contributed by atoms with Crippen LogP contribution in [0.5, 0.6) is 0 Å². The molecule has 0 heterocycles. The Labute approximate surface area is 112 Å². The molecule has 0 aromatic heterocycles. The van der Waals surface area contributed by atoms with E-state index in [1.165, 1.54) is 24.0 Å². The molecule has 1 heteroatoms. The normalized spacial score (nSPS) is 12.2. The molecule has 0 unspecified atom stereocenters. The Morgan fingerprint density at radius 3 is 2.67 bits per heavy atom. The van der Waals surface area contributed by atoms with Gasteiger partial charge < -0.3 is 4.74 Å². The Hall–Kier alpha value is -1.08. The van der Waals surface area contributed by atoms with Gasteiger partial charge in [0.05, 0.1) is 5.60 Å². The fourth-order valence-electron chi connectivity index (χ4n) is 1.91. The highest BCUT2D eigenvalue weighted by atomic mass is 16.5. The minimum Gasteiger partial charge on any atom is -0.379 e. The molecule has 1 rings (SSSR count). The molecule has 0 fully saturated rings. The SMILES string of the molecule is COC(C)(C)CCCC/C=C/c1cccc(C)c1. The third kappa shape index (κ3) is 6.02. The molecule has 0 aliphatic rings. The summed E-state index contributed by atoms with van der Waals surface area (Å²) in [5.41, 5.74) is 2.64. The Morgan fingerprint density at radius 1 is 1.22 bits per heavy atom. The highest BCUT2D eigenvalue weighted by molar-refractivity contribution is 5.49. The van der Waals surface area contributed by atoms with E-state index in [9.17, 15) is 0 Å². The minimum atomic E-state index is 0.0280. The first-order chi connectivity index (χ1) is 8.53. The Balaban J connectivity index is 2.22. The largest absolute Gasteiger partial charge is 0.379 e. The quantitative estimate of drug-likeness (QED) is 0.616. The lowest BCUT2D eigenvalue weighted by Gasteiger charge is -2.22. The zero-order chi connectivity index (χ0) is 13.4. The van der Waals surface area contributed by atoms with Crippen molar-refractivity contribution in [2.24, 2.45) is 0 Å². The van der Waals surface area contributed by atoms with E-state index in [2.05, 4.69) is 57.2 Å². The fourth-order valence-corrected chi connectivity index (χ4v) is 1.91. The van der Waals surface area contributed by atoms with E-state index < -0.39 is 0 Å². The first-order valence-electron chi connectivity index (χ1n) is 6.82. The van der Waals surface area contributed by atoms with Crippen molar-refractivity contribution in [1.29, 1.82) is 0 Å². The van der Waals surface area contributed by atoms with Crippen LogP contribution in [-0.4, -0.2) is 12.7 Å². The van der Waals surface area contributed by atoms with E-state index in [4.69, 9.17) is 4.74 Å². The molecule has 0 aliphatic carbocycles. The molecule has 0 radical (unpaired) electrons. The van der Waals surface area contributed by atoms with Crippen LogP contribution in [-0.2, 0) is 4.74 Å². The number of aryl methyl sites for hydroxylation is 1. The third-order valence-corrected chi connectivity index (χ3v) is 3.30. The second kappa shape index (κ2) is 7.38. The number of allylic oxidation sites excluding steroid dienone is 1. The molecule has 0 bridgehead atoms. The number of methoxy groups -OCH3 is 1. The van der Waals surface area contributed by atoms with Gasteiger partial charge in [-0.2, -0.15) is 0 Å². The molecule has 0 N–H and O–H groups in total. The number of benzene rings is 1. The summed E-state index contributed by atoms with van der Waals surface area (Å²) in [6.45, 7) is 6.43. The summed E-state index contributed by atoms with van der Waals surface area (Å²) in [7, 11) is 1.79. The maximum absolute atomic E-state index is 5.41. The van der Waals surface area contributed by atoms with Gasteiger partial charge in [0.1, 0.15) is 0 Å². The van der Waals surface area contributed by atoms with E-state index in [0.29, 0.717) is 0 Å². The Morgan fingerprint density at radius 2 is 2.00 bits per heavy atom. The highest BCUT2D eigenvalue weighted by Gasteiger charge is 2.14. The molecule has 1 aromatic rings. The van der Waals surface area contributed by atoms with Gasteiger partial charge in [0.2, 0.25) is 0 Å². The summed E-state index contributed by atoms with van der Waals surface area (Å²) < 4.78 is 5.41. The second-order valence-corrected chi connectivity index (χ2v) is 5.53. The van der Waals surface area contributed by atoms with Gasteiger partial charge >= 0.3 is 0 Å². The molecule has 0 aliphatic heterocycles. The summed E-state index contributed by atoms with van der Waals surface area (Å²) in [5, 5.41) is 0. The van der Waals surface area contributed by atoms with Gasteiger partial charge in [-0.25, -0.2) is 0 Å². The van der Waals surface area contributed by atoms with Crippen LogP contribution in [0.25, 0.3) is 6.08 Å². The molecule has 0 amide bonds. The molecule has 0 spiro atoms. The molecule has 0 saturated heterocycles. The first-order valence-corrected chi connectivity index (χ1v) is 6.82. The second-order valence-electron chi connectivity index (χ2n) is 5.53. The van der Waals surface area contributed by atoms with Gasteiger partial charge in [0.15, 0.2) is 0 Å². The number of unbranched alkanes of at least 4 members (excludes halogenated alkanes) is 2. The van der Waals surface area contributed by atoms with Gasteiger partial charge in [-0.05, 0) is 45.6 Å². The van der Waals surface area contributed by atoms with E-state index in [1.807, 2.05) is 0 Å². The average Bonchev–Trinajstić information content (AvgIpc) is 2.34. The van der Waals surface area contributed by atoms with Crippen molar-refractivity contribution in [1.82, 2.24) is 0 Å². The van der Waals surface area contributed by atoms with Crippen molar-refractivity contribution in [2.45, 2.75) is 52.1 Å². The lowest BCUT2D eigenvalue weighted by Crippen LogP contribution is -2.21. The first kappa shape index (κ1) is 15.0. The predicted molar refractivity (Wildman–Crippen MR) is 79.8 cm³/mol. The van der Waals surface area contributed by atoms with Gasteiger partial charge in [0.25, 0.3) is 0 Å². The smallest absolute Gasteiger partial charge is 0.0622 e. The Kier molecular flexibility index (Phi) is 6.14. The van der Waals surface area contributed by atoms with Crippen LogP contribution in [0.4, 0.5) is 0 Å². The molecule has 18 heavy (non-hydrogen) atoms. The predicted octanol–water partition coefficient (Wildman–Crippen LogP) is 4.99. The van der Waals surface area contributed by atoms with Gasteiger partial charge in [-0.3, -0.25) is 0 Å². The topological polar surface area (TPSA) is 9.23 Å². The molecule has 1 aromatic carbocycles. The molecular formula is C17H26O. The van der Waals surface area contributed by atoms with Crippen LogP contribution in [0.3, 0.4) is 0 Å². The zero-order valence-corrected chi connectivity index (χ0v) is 12.2. The van der Waals surface area contributed by atoms with E-state index in [1.54, 1.807) is 7.11 Å². The lowest BCUT2D eigenvalue weighted by molar-refractivity contribution is 0.0136. The number of rotatable bonds is 7. The Bertz CT molecular complexity index is 377. The summed E-state index contributed by atoms with van der Waals surface area (Å²) >= 11 is 0. The van der Waals surface area contributed by atoms with Crippen molar-refractivity contribution in [3.8, 4) is 0 Å². The van der Waals surface area contributed by atoms with E-state index in [0.717, 1.165) is 12.8 Å². The molecule has 0 saturated carbocycles. The van der Waals surface area contributed by atoms with E-state index in [-0.39, 0.29) is 5.60 Å². The average molecular weight is 246 g/mol. The number of ether oxygens (including phenoxy) is 1. The fraction of sp³-hybridized carbons (Fsp3) is 0.529. The van der Waals surface area contributed by atoms with Crippen molar-refractivity contribution in [3.05, 3.63) is 41.5 Å². The van der Waals surface area contributed by atoms with Crippen molar-refractivity contribution in [2.75, 3.05) is 7.11 Å². The summed E-state index contributed by atoms with van der Waals surface area (Å²) in [6, 6.07) is 8.60. The van der Waals surface area contributed by atoms with Gasteiger partial charge in [-0.15, -0.1) is 0 Å². The van der Waals surface area contributed by atoms with E-state index >= 15 is 0 Å². The maximum atomic E-state index is 5.41. The highest BCUT2D eigenvalue weighted by Crippen LogP contribution is 2.17. The molecular weight excluding hydrogens is 220 g/mol. The molecule has 100 valence electrons. The van der Waals surface area contributed by atoms with Crippen LogP contribution in [0.1, 0.15) is 50.7 Å². The van der Waals surface area contributed by atoms with Crippen molar-refractivity contribution >= 4 is 6.08 Å². The summed E-state index contributed by atoms with van der Waals surface area (Å²) in [4.78, 5) is 0. The van der Waals surface area contributed by atoms with Crippen LogP contribution in [0, 0.1) is 6.92 Å². The maximum Gasteiger partial charge on any atom is 0.0622 e. The van der Waals surface area contributed by atoms with Crippen molar-refractivity contribution in [3.63, 3.8) is 0 Å². The van der Waals surface area contributed by atoms with Crippen LogP contribution in [0.15, 0.2) is 30.3 Å². The summed E-state index contributed by atoms with van der Waals surface area (Å²) in [5.74, 6) is 0. The number of hydrogen-bond acceptors (Lipinski definition) is 1. The lowest BCUT2D eigenvalue weighted by atomic mass is 10.0. The number of hydrogen-bond donors (Lipinski definition) is 0. The van der Waals surface area contributed by atoms with Gasteiger partial charge in [-0.1, -0.05) is 48.4 Å². The standard InChI is InChI=1S/C17H26O/c1-15-10-9-12-16(14-15)11-7-5-6-8-13-17(2,3)18-4/h7,9-12,14H,5-6,8,13H2,1-4H3/b11-7+. The minimum absolute atomic E-state index is 0.0280.